The van der Waals surface area contributed by atoms with E-state index in [-0.39, 0.29) is 18.0 Å². The van der Waals surface area contributed by atoms with Crippen molar-refractivity contribution in [2.24, 2.45) is 17.3 Å². The first kappa shape index (κ1) is 16.7. The van der Waals surface area contributed by atoms with Gasteiger partial charge in [-0.1, -0.05) is 0 Å². The molecule has 0 aromatic carbocycles. The van der Waals surface area contributed by atoms with Crippen molar-refractivity contribution in [3.8, 4) is 12.3 Å². The highest BCUT2D eigenvalue weighted by Gasteiger charge is 2.39. The van der Waals surface area contributed by atoms with Gasteiger partial charge in [-0.15, -0.1) is 12.3 Å². The Kier molecular flexibility index (Phi) is 4.79. The van der Waals surface area contributed by atoms with Crippen molar-refractivity contribution >= 4 is 17.6 Å². The average molecular weight is 317 g/mol. The zero-order valence-corrected chi connectivity index (χ0v) is 13.4. The van der Waals surface area contributed by atoms with Gasteiger partial charge < -0.3 is 10.1 Å². The van der Waals surface area contributed by atoms with Crippen LogP contribution in [0, 0.1) is 19.3 Å². The molecule has 1 amide bonds. The SMILES string of the molecule is C#CCCC1(CCC(=O)Nc2c(C)nn(C)c2C(=O)OC)N=N1. The molecule has 1 N–H and O–H groups in total. The molecule has 1 aliphatic heterocycles. The topological polar surface area (TPSA) is 97.9 Å². The molecular formula is C15H19N5O3. The van der Waals surface area contributed by atoms with E-state index in [4.69, 9.17) is 11.2 Å². The number of carbonyl (C=O) groups excluding carboxylic acids is 2. The van der Waals surface area contributed by atoms with Crippen LogP contribution in [0.1, 0.15) is 41.9 Å². The molecular weight excluding hydrogens is 298 g/mol. The van der Waals surface area contributed by atoms with E-state index in [1.807, 2.05) is 0 Å². The average Bonchev–Trinajstić information content (AvgIpc) is 3.24. The van der Waals surface area contributed by atoms with E-state index in [1.54, 1.807) is 14.0 Å². The summed E-state index contributed by atoms with van der Waals surface area (Å²) in [5, 5.41) is 14.8. The fourth-order valence-corrected chi connectivity index (χ4v) is 2.32. The van der Waals surface area contributed by atoms with Crippen LogP contribution in [-0.2, 0) is 16.6 Å². The molecule has 0 aliphatic carbocycles. The smallest absolute Gasteiger partial charge is 0.358 e. The molecule has 1 aliphatic rings. The monoisotopic (exact) mass is 317 g/mol. The van der Waals surface area contributed by atoms with E-state index < -0.39 is 11.6 Å². The minimum Gasteiger partial charge on any atom is -0.464 e. The summed E-state index contributed by atoms with van der Waals surface area (Å²) in [4.78, 5) is 24.0. The molecule has 23 heavy (non-hydrogen) atoms. The summed E-state index contributed by atoms with van der Waals surface area (Å²) in [5.74, 6) is 1.76. The third kappa shape index (κ3) is 3.74. The Balaban J connectivity index is 1.99. The van der Waals surface area contributed by atoms with Crippen molar-refractivity contribution < 1.29 is 14.3 Å². The number of amides is 1. The summed E-state index contributed by atoms with van der Waals surface area (Å²) >= 11 is 0. The number of rotatable bonds is 7. The van der Waals surface area contributed by atoms with E-state index in [9.17, 15) is 9.59 Å². The standard InChI is InChI=1S/C15H19N5O3/c1-5-6-8-15(18-19-15)9-7-11(21)16-12-10(2)17-20(3)13(12)14(22)23-4/h1H,6-9H2,2-4H3,(H,16,21). The van der Waals surface area contributed by atoms with Gasteiger partial charge in [0.1, 0.15) is 0 Å². The predicted octanol–water partition coefficient (Wildman–Crippen LogP) is 1.81. The fourth-order valence-electron chi connectivity index (χ4n) is 2.32. The van der Waals surface area contributed by atoms with Gasteiger partial charge in [0, 0.05) is 32.7 Å². The number of carbonyl (C=O) groups is 2. The van der Waals surface area contributed by atoms with Gasteiger partial charge in [0.05, 0.1) is 18.5 Å². The van der Waals surface area contributed by atoms with Crippen molar-refractivity contribution in [3.63, 3.8) is 0 Å². The van der Waals surface area contributed by atoms with Gasteiger partial charge in [-0.25, -0.2) is 4.79 Å². The van der Waals surface area contributed by atoms with E-state index in [1.165, 1.54) is 11.8 Å². The number of anilines is 1. The number of esters is 1. The van der Waals surface area contributed by atoms with Crippen LogP contribution in [0.2, 0.25) is 0 Å². The lowest BCUT2D eigenvalue weighted by Crippen LogP contribution is -2.19. The summed E-state index contributed by atoms with van der Waals surface area (Å²) in [5.41, 5.74) is 0.621. The third-order valence-electron chi connectivity index (χ3n) is 3.67. The maximum atomic E-state index is 12.2. The lowest BCUT2D eigenvalue weighted by Gasteiger charge is -2.10. The molecule has 0 fully saturated rings. The minimum absolute atomic E-state index is 0.209. The summed E-state index contributed by atoms with van der Waals surface area (Å²) in [6.07, 6.45) is 7.18. The Labute approximate surface area is 134 Å². The van der Waals surface area contributed by atoms with Crippen molar-refractivity contribution in [2.75, 3.05) is 12.4 Å². The molecule has 122 valence electrons. The van der Waals surface area contributed by atoms with Crippen LogP contribution >= 0.6 is 0 Å². The van der Waals surface area contributed by atoms with Gasteiger partial charge in [0.15, 0.2) is 11.4 Å². The van der Waals surface area contributed by atoms with Gasteiger partial charge in [0.25, 0.3) is 0 Å². The molecule has 0 atom stereocenters. The first-order valence-electron chi connectivity index (χ1n) is 7.22. The zero-order chi connectivity index (χ0) is 17.0. The Morgan fingerprint density at radius 2 is 2.09 bits per heavy atom. The van der Waals surface area contributed by atoms with Gasteiger partial charge >= 0.3 is 5.97 Å². The van der Waals surface area contributed by atoms with Gasteiger partial charge in [-0.05, 0) is 6.92 Å². The molecule has 0 spiro atoms. The normalized spacial score (nSPS) is 14.2. The molecule has 1 aromatic heterocycles. The highest BCUT2D eigenvalue weighted by atomic mass is 16.5. The number of terminal acetylenes is 1. The van der Waals surface area contributed by atoms with E-state index in [0.717, 1.165) is 0 Å². The Morgan fingerprint density at radius 3 is 2.65 bits per heavy atom. The zero-order valence-electron chi connectivity index (χ0n) is 13.4. The van der Waals surface area contributed by atoms with Crippen LogP contribution in [-0.4, -0.2) is 34.4 Å². The lowest BCUT2D eigenvalue weighted by molar-refractivity contribution is -0.116. The number of hydrogen-bond donors (Lipinski definition) is 1. The maximum absolute atomic E-state index is 12.2. The summed E-state index contributed by atoms with van der Waals surface area (Å²) in [7, 11) is 2.90. The molecule has 0 saturated heterocycles. The number of hydrogen-bond acceptors (Lipinski definition) is 6. The second-order valence-corrected chi connectivity index (χ2v) is 5.36. The van der Waals surface area contributed by atoms with Crippen LogP contribution in [0.15, 0.2) is 10.2 Å². The molecule has 0 unspecified atom stereocenters. The van der Waals surface area contributed by atoms with E-state index in [2.05, 4.69) is 26.6 Å². The molecule has 0 saturated carbocycles. The molecule has 8 heteroatoms. The lowest BCUT2D eigenvalue weighted by atomic mass is 10.0. The van der Waals surface area contributed by atoms with Gasteiger partial charge in [0.2, 0.25) is 5.91 Å². The van der Waals surface area contributed by atoms with Gasteiger partial charge in [-0.3, -0.25) is 9.48 Å². The summed E-state index contributed by atoms with van der Waals surface area (Å²) < 4.78 is 6.11. The van der Waals surface area contributed by atoms with Gasteiger partial charge in [-0.2, -0.15) is 15.3 Å². The largest absolute Gasteiger partial charge is 0.464 e. The Bertz CT molecular complexity index is 693. The van der Waals surface area contributed by atoms with Crippen LogP contribution in [0.5, 0.6) is 0 Å². The second-order valence-electron chi connectivity index (χ2n) is 5.36. The van der Waals surface area contributed by atoms with Crippen molar-refractivity contribution in [1.29, 1.82) is 0 Å². The number of methoxy groups -OCH3 is 1. The van der Waals surface area contributed by atoms with Crippen LogP contribution in [0.3, 0.4) is 0 Å². The highest BCUT2D eigenvalue weighted by molar-refractivity contribution is 6.00. The van der Waals surface area contributed by atoms with Crippen LogP contribution < -0.4 is 5.32 Å². The molecule has 2 heterocycles. The summed E-state index contributed by atoms with van der Waals surface area (Å²) in [6, 6.07) is 0. The van der Waals surface area contributed by atoms with Crippen LogP contribution in [0.4, 0.5) is 5.69 Å². The quantitative estimate of drug-likeness (QED) is 0.612. The summed E-state index contributed by atoms with van der Waals surface area (Å²) in [6.45, 7) is 1.71. The van der Waals surface area contributed by atoms with E-state index in [0.29, 0.717) is 30.6 Å². The molecule has 2 rings (SSSR count). The van der Waals surface area contributed by atoms with Crippen molar-refractivity contribution in [3.05, 3.63) is 11.4 Å². The number of ether oxygens (including phenoxy) is 1. The van der Waals surface area contributed by atoms with Crippen molar-refractivity contribution in [1.82, 2.24) is 9.78 Å². The maximum Gasteiger partial charge on any atom is 0.358 e. The first-order chi connectivity index (χ1) is 10.9. The molecule has 8 nitrogen and oxygen atoms in total. The third-order valence-corrected chi connectivity index (χ3v) is 3.67. The van der Waals surface area contributed by atoms with Crippen molar-refractivity contribution in [2.45, 2.75) is 38.3 Å². The Morgan fingerprint density at radius 1 is 1.39 bits per heavy atom. The molecule has 1 aromatic rings. The predicted molar refractivity (Wildman–Crippen MR) is 82.8 cm³/mol. The fraction of sp³-hybridized carbons (Fsp3) is 0.533. The highest BCUT2D eigenvalue weighted by Crippen LogP contribution is 2.37. The minimum atomic E-state index is -0.555. The Hall–Kier alpha value is -2.69. The molecule has 0 bridgehead atoms. The van der Waals surface area contributed by atoms with E-state index >= 15 is 0 Å². The number of aryl methyl sites for hydroxylation is 2. The molecule has 0 radical (unpaired) electrons. The van der Waals surface area contributed by atoms with Crippen LogP contribution in [0.25, 0.3) is 0 Å². The second kappa shape index (κ2) is 6.60. The number of nitrogens with zero attached hydrogens (tertiary/aromatic N) is 4. The first-order valence-corrected chi connectivity index (χ1v) is 7.22. The number of nitrogens with one attached hydrogen (secondary N) is 1. The number of aromatic nitrogens is 2.